The highest BCUT2D eigenvalue weighted by molar-refractivity contribution is 5.81. The zero-order chi connectivity index (χ0) is 23.0. The highest BCUT2D eigenvalue weighted by atomic mass is 16.6. The summed E-state index contributed by atoms with van der Waals surface area (Å²) in [5.41, 5.74) is 2.43. The van der Waals surface area contributed by atoms with Gasteiger partial charge in [0.05, 0.1) is 13.7 Å². The zero-order valence-electron chi connectivity index (χ0n) is 19.2. The summed E-state index contributed by atoms with van der Waals surface area (Å²) in [5, 5.41) is 0. The number of likely N-dealkylation sites (tertiary alicyclic amines) is 1. The first kappa shape index (κ1) is 21.8. The molecule has 3 aromatic heterocycles. The minimum Gasteiger partial charge on any atom is -0.481 e. The summed E-state index contributed by atoms with van der Waals surface area (Å²) < 4.78 is 18.7. The van der Waals surface area contributed by atoms with E-state index in [1.807, 2.05) is 45.4 Å². The van der Waals surface area contributed by atoms with E-state index in [1.54, 1.807) is 18.2 Å². The molecule has 1 aliphatic rings. The molecule has 1 atom stereocenters. The summed E-state index contributed by atoms with van der Waals surface area (Å²) in [7, 11) is 3.48. The van der Waals surface area contributed by atoms with Crippen LogP contribution >= 0.6 is 0 Å². The van der Waals surface area contributed by atoms with E-state index in [0.717, 1.165) is 11.1 Å². The van der Waals surface area contributed by atoms with Crippen LogP contribution in [0.1, 0.15) is 32.8 Å². The Balaban J connectivity index is 1.57. The molecule has 4 heterocycles. The number of ether oxygens (including phenoxy) is 3. The Morgan fingerprint density at radius 1 is 1.19 bits per heavy atom. The lowest BCUT2D eigenvalue weighted by atomic mass is 10.2. The Morgan fingerprint density at radius 3 is 2.66 bits per heavy atom. The number of aryl methyl sites for hydroxylation is 2. The smallest absolute Gasteiger partial charge is 0.410 e. The molecule has 4 rings (SSSR count). The molecular formula is C22H28N6O4. The highest BCUT2D eigenvalue weighted by Crippen LogP contribution is 2.30. The van der Waals surface area contributed by atoms with E-state index < -0.39 is 5.60 Å². The number of hydrogen-bond acceptors (Lipinski definition) is 8. The minimum absolute atomic E-state index is 0.198. The van der Waals surface area contributed by atoms with Crippen LogP contribution in [-0.4, -0.2) is 67.4 Å². The SMILES string of the molecule is COc1ncc(-c2nc3c(OC4CCN(C(=O)OC(C)(C)C)C4)ncnc3n2C)cc1C. The molecule has 0 saturated carbocycles. The van der Waals surface area contributed by atoms with Crippen LogP contribution in [0.15, 0.2) is 18.6 Å². The number of carbonyl (C=O) groups excluding carboxylic acids is 1. The van der Waals surface area contributed by atoms with E-state index in [-0.39, 0.29) is 12.2 Å². The fourth-order valence-corrected chi connectivity index (χ4v) is 3.70. The first-order valence-electron chi connectivity index (χ1n) is 10.5. The van der Waals surface area contributed by atoms with Crippen molar-refractivity contribution in [3.8, 4) is 23.1 Å². The minimum atomic E-state index is -0.534. The molecule has 0 spiro atoms. The Kier molecular flexibility index (Phi) is 5.62. The van der Waals surface area contributed by atoms with Gasteiger partial charge >= 0.3 is 6.09 Å². The molecule has 0 aliphatic carbocycles. The third-order valence-corrected chi connectivity index (χ3v) is 5.18. The van der Waals surface area contributed by atoms with Gasteiger partial charge in [-0.3, -0.25) is 0 Å². The van der Waals surface area contributed by atoms with Crippen LogP contribution in [0.3, 0.4) is 0 Å². The summed E-state index contributed by atoms with van der Waals surface area (Å²) >= 11 is 0. The lowest BCUT2D eigenvalue weighted by molar-refractivity contribution is 0.0275. The highest BCUT2D eigenvalue weighted by Gasteiger charge is 2.32. The maximum Gasteiger partial charge on any atom is 0.410 e. The van der Waals surface area contributed by atoms with E-state index in [0.29, 0.717) is 48.3 Å². The fourth-order valence-electron chi connectivity index (χ4n) is 3.70. The van der Waals surface area contributed by atoms with E-state index in [9.17, 15) is 4.79 Å². The summed E-state index contributed by atoms with van der Waals surface area (Å²) in [5.74, 6) is 1.67. The number of pyridine rings is 1. The largest absolute Gasteiger partial charge is 0.481 e. The third kappa shape index (κ3) is 4.30. The van der Waals surface area contributed by atoms with Crippen molar-refractivity contribution >= 4 is 17.3 Å². The molecule has 10 heteroatoms. The van der Waals surface area contributed by atoms with Crippen molar-refractivity contribution in [2.75, 3.05) is 20.2 Å². The van der Waals surface area contributed by atoms with Crippen molar-refractivity contribution in [2.24, 2.45) is 7.05 Å². The van der Waals surface area contributed by atoms with Crippen LogP contribution in [0.5, 0.6) is 11.8 Å². The predicted molar refractivity (Wildman–Crippen MR) is 118 cm³/mol. The fraction of sp³-hybridized carbons (Fsp3) is 0.500. The van der Waals surface area contributed by atoms with Gasteiger partial charge in [-0.05, 0) is 33.8 Å². The monoisotopic (exact) mass is 440 g/mol. The summed E-state index contributed by atoms with van der Waals surface area (Å²) in [6.07, 6.45) is 3.33. The van der Waals surface area contributed by atoms with E-state index >= 15 is 0 Å². The van der Waals surface area contributed by atoms with Gasteiger partial charge in [-0.2, -0.15) is 4.98 Å². The van der Waals surface area contributed by atoms with Gasteiger partial charge in [0.2, 0.25) is 11.8 Å². The molecule has 10 nitrogen and oxygen atoms in total. The first-order chi connectivity index (χ1) is 15.2. The second-order valence-electron chi connectivity index (χ2n) is 8.85. The van der Waals surface area contributed by atoms with Gasteiger partial charge in [-0.1, -0.05) is 0 Å². The number of nitrogens with zero attached hydrogens (tertiary/aromatic N) is 6. The van der Waals surface area contributed by atoms with Gasteiger partial charge < -0.3 is 23.7 Å². The normalized spacial score (nSPS) is 16.4. The summed E-state index contributed by atoms with van der Waals surface area (Å²) in [4.78, 5) is 31.8. The molecule has 0 radical (unpaired) electrons. The molecule has 0 N–H and O–H groups in total. The standard InChI is InChI=1S/C22H28N6O4/c1-13-9-14(10-23-19(13)30-6)17-26-16-18(27(17)5)24-12-25-20(16)31-15-7-8-28(11-15)21(29)32-22(2,3)4/h9-10,12,15H,7-8,11H2,1-6H3. The average molecular weight is 441 g/mol. The number of aromatic nitrogens is 5. The van der Waals surface area contributed by atoms with Crippen molar-refractivity contribution in [2.45, 2.75) is 45.8 Å². The number of rotatable bonds is 4. The van der Waals surface area contributed by atoms with Gasteiger partial charge in [0.15, 0.2) is 11.2 Å². The topological polar surface area (TPSA) is 104 Å². The molecule has 1 unspecified atom stereocenters. The van der Waals surface area contributed by atoms with Crippen molar-refractivity contribution in [3.05, 3.63) is 24.2 Å². The van der Waals surface area contributed by atoms with Crippen LogP contribution in [-0.2, 0) is 11.8 Å². The van der Waals surface area contributed by atoms with E-state index in [1.165, 1.54) is 6.33 Å². The Hall–Kier alpha value is -3.43. The molecule has 0 aromatic carbocycles. The summed E-state index contributed by atoms with van der Waals surface area (Å²) in [6, 6.07) is 1.97. The van der Waals surface area contributed by atoms with Gasteiger partial charge in [0.25, 0.3) is 0 Å². The van der Waals surface area contributed by atoms with Crippen LogP contribution in [0.25, 0.3) is 22.6 Å². The Bertz CT molecular complexity index is 1150. The zero-order valence-corrected chi connectivity index (χ0v) is 19.2. The molecule has 3 aromatic rings. The summed E-state index contributed by atoms with van der Waals surface area (Å²) in [6.45, 7) is 8.49. The Labute approximate surface area is 186 Å². The first-order valence-corrected chi connectivity index (χ1v) is 10.5. The number of imidazole rings is 1. The van der Waals surface area contributed by atoms with Crippen LogP contribution in [0, 0.1) is 6.92 Å². The lowest BCUT2D eigenvalue weighted by Gasteiger charge is -2.24. The number of carbonyl (C=O) groups is 1. The van der Waals surface area contributed by atoms with Gasteiger partial charge in [0.1, 0.15) is 23.9 Å². The second kappa shape index (κ2) is 8.25. The van der Waals surface area contributed by atoms with E-state index in [4.69, 9.17) is 19.2 Å². The lowest BCUT2D eigenvalue weighted by Crippen LogP contribution is -2.36. The van der Waals surface area contributed by atoms with Gasteiger partial charge in [-0.15, -0.1) is 0 Å². The molecule has 0 bridgehead atoms. The second-order valence-corrected chi connectivity index (χ2v) is 8.85. The van der Waals surface area contributed by atoms with E-state index in [2.05, 4.69) is 15.0 Å². The van der Waals surface area contributed by atoms with Crippen molar-refractivity contribution in [3.63, 3.8) is 0 Å². The van der Waals surface area contributed by atoms with Crippen LogP contribution in [0.4, 0.5) is 4.79 Å². The molecule has 1 saturated heterocycles. The van der Waals surface area contributed by atoms with Gasteiger partial charge in [0, 0.05) is 37.3 Å². The third-order valence-electron chi connectivity index (χ3n) is 5.18. The maximum absolute atomic E-state index is 12.3. The molecule has 1 aliphatic heterocycles. The van der Waals surface area contributed by atoms with Crippen molar-refractivity contribution in [1.82, 2.24) is 29.4 Å². The van der Waals surface area contributed by atoms with Crippen LogP contribution < -0.4 is 9.47 Å². The van der Waals surface area contributed by atoms with Crippen molar-refractivity contribution in [1.29, 1.82) is 0 Å². The maximum atomic E-state index is 12.3. The number of methoxy groups -OCH3 is 1. The van der Waals surface area contributed by atoms with Gasteiger partial charge in [-0.25, -0.2) is 19.7 Å². The Morgan fingerprint density at radius 2 is 1.97 bits per heavy atom. The molecule has 1 fully saturated rings. The average Bonchev–Trinajstić information content (AvgIpc) is 3.32. The number of fused-ring (bicyclic) bond motifs is 1. The molecule has 1 amide bonds. The molecular weight excluding hydrogens is 412 g/mol. The number of hydrogen-bond donors (Lipinski definition) is 0. The van der Waals surface area contributed by atoms with Crippen molar-refractivity contribution < 1.29 is 19.0 Å². The molecule has 170 valence electrons. The molecule has 32 heavy (non-hydrogen) atoms. The quantitative estimate of drug-likeness (QED) is 0.609. The predicted octanol–water partition coefficient (Wildman–Crippen LogP) is 3.13. The number of amides is 1. The van der Waals surface area contributed by atoms with Crippen LogP contribution in [0.2, 0.25) is 0 Å².